The van der Waals surface area contributed by atoms with Gasteiger partial charge in [0.25, 0.3) is 0 Å². The summed E-state index contributed by atoms with van der Waals surface area (Å²) >= 11 is 0. The lowest BCUT2D eigenvalue weighted by molar-refractivity contribution is 0.423. The Hall–Kier alpha value is -1.60. The molecular formula is C12H12F3NO2S. The summed E-state index contributed by atoms with van der Waals surface area (Å²) in [5, 5.41) is 0. The molecule has 1 aromatic rings. The first-order valence-electron chi connectivity index (χ1n) is 5.21. The van der Waals surface area contributed by atoms with Gasteiger partial charge in [0.1, 0.15) is 4.90 Å². The van der Waals surface area contributed by atoms with Crippen molar-refractivity contribution in [1.29, 1.82) is 0 Å². The molecule has 0 aliphatic carbocycles. The average Bonchev–Trinajstić information content (AvgIpc) is 2.35. The van der Waals surface area contributed by atoms with E-state index in [1.54, 1.807) is 0 Å². The highest BCUT2D eigenvalue weighted by atomic mass is 32.2. The van der Waals surface area contributed by atoms with Gasteiger partial charge in [-0.3, -0.25) is 0 Å². The number of hydrogen-bond donors (Lipinski definition) is 0. The largest absolute Gasteiger partial charge is 0.246 e. The van der Waals surface area contributed by atoms with E-state index in [-0.39, 0.29) is 13.1 Å². The van der Waals surface area contributed by atoms with Crippen LogP contribution in [-0.4, -0.2) is 25.8 Å². The summed E-state index contributed by atoms with van der Waals surface area (Å²) in [5.41, 5.74) is 0. The quantitative estimate of drug-likeness (QED) is 0.596. The molecule has 7 heteroatoms. The summed E-state index contributed by atoms with van der Waals surface area (Å²) in [5.74, 6) is -5.01. The fraction of sp³-hybridized carbons (Fsp3) is 0.167. The molecular weight excluding hydrogens is 279 g/mol. The molecule has 0 fully saturated rings. The maximum absolute atomic E-state index is 13.5. The van der Waals surface area contributed by atoms with Gasteiger partial charge in [0, 0.05) is 13.1 Å². The lowest BCUT2D eigenvalue weighted by Gasteiger charge is -2.19. The molecule has 0 atom stereocenters. The number of sulfonamides is 1. The Morgan fingerprint density at radius 2 is 1.58 bits per heavy atom. The van der Waals surface area contributed by atoms with Gasteiger partial charge in [-0.15, -0.1) is 13.2 Å². The summed E-state index contributed by atoms with van der Waals surface area (Å²) in [4.78, 5) is -0.921. The average molecular weight is 291 g/mol. The first-order chi connectivity index (χ1) is 8.86. The van der Waals surface area contributed by atoms with Gasteiger partial charge in [-0.2, -0.15) is 4.31 Å². The number of halogens is 3. The second-order valence-electron chi connectivity index (χ2n) is 3.57. The van der Waals surface area contributed by atoms with Crippen LogP contribution >= 0.6 is 0 Å². The van der Waals surface area contributed by atoms with Crippen molar-refractivity contribution < 1.29 is 21.6 Å². The van der Waals surface area contributed by atoms with Gasteiger partial charge < -0.3 is 0 Å². The van der Waals surface area contributed by atoms with Crippen molar-refractivity contribution >= 4 is 10.0 Å². The monoisotopic (exact) mass is 291 g/mol. The highest BCUT2D eigenvalue weighted by molar-refractivity contribution is 7.89. The lowest BCUT2D eigenvalue weighted by Crippen LogP contribution is -2.32. The molecule has 0 saturated carbocycles. The molecule has 0 radical (unpaired) electrons. The fourth-order valence-corrected chi connectivity index (χ4v) is 2.84. The van der Waals surface area contributed by atoms with Crippen molar-refractivity contribution in [2.45, 2.75) is 4.90 Å². The Morgan fingerprint density at radius 1 is 1.05 bits per heavy atom. The smallest absolute Gasteiger partial charge is 0.207 e. The number of nitrogens with zero attached hydrogens (tertiary/aromatic N) is 1. The van der Waals surface area contributed by atoms with E-state index >= 15 is 0 Å². The molecule has 0 aliphatic rings. The summed E-state index contributed by atoms with van der Waals surface area (Å²) in [6.45, 7) is 6.54. The zero-order valence-electron chi connectivity index (χ0n) is 9.94. The second kappa shape index (κ2) is 6.03. The Labute approximate surface area is 109 Å². The zero-order chi connectivity index (χ0) is 14.6. The van der Waals surface area contributed by atoms with Crippen LogP contribution < -0.4 is 0 Å². The molecule has 0 spiro atoms. The van der Waals surface area contributed by atoms with Crippen LogP contribution in [0.4, 0.5) is 13.2 Å². The maximum atomic E-state index is 13.5. The van der Waals surface area contributed by atoms with Crippen LogP contribution in [0.5, 0.6) is 0 Å². The molecule has 0 aromatic heterocycles. The van der Waals surface area contributed by atoms with Crippen LogP contribution in [0.2, 0.25) is 0 Å². The van der Waals surface area contributed by atoms with Crippen molar-refractivity contribution in [2.24, 2.45) is 0 Å². The lowest BCUT2D eigenvalue weighted by atomic mass is 10.3. The van der Waals surface area contributed by atoms with Gasteiger partial charge in [-0.25, -0.2) is 21.6 Å². The number of rotatable bonds is 6. The Bertz CT molecular complexity index is 589. The molecule has 19 heavy (non-hydrogen) atoms. The molecule has 1 aromatic carbocycles. The third-order valence-electron chi connectivity index (χ3n) is 2.28. The highest BCUT2D eigenvalue weighted by Gasteiger charge is 2.28. The Balaban J connectivity index is 3.37. The van der Waals surface area contributed by atoms with E-state index < -0.39 is 32.4 Å². The Morgan fingerprint density at radius 3 is 2.05 bits per heavy atom. The first-order valence-corrected chi connectivity index (χ1v) is 6.65. The van der Waals surface area contributed by atoms with Crippen molar-refractivity contribution in [3.05, 3.63) is 54.9 Å². The van der Waals surface area contributed by atoms with Gasteiger partial charge in [0.15, 0.2) is 17.5 Å². The number of benzene rings is 1. The van der Waals surface area contributed by atoms with Gasteiger partial charge in [-0.05, 0) is 12.1 Å². The van der Waals surface area contributed by atoms with Crippen molar-refractivity contribution in [3.63, 3.8) is 0 Å². The SMILES string of the molecule is C=CCN(CC=C)S(=O)(=O)c1ccc(F)c(F)c1F. The molecule has 0 unspecified atom stereocenters. The summed E-state index contributed by atoms with van der Waals surface area (Å²) in [7, 11) is -4.29. The molecule has 1 rings (SSSR count). The second-order valence-corrected chi connectivity index (χ2v) is 5.48. The minimum absolute atomic E-state index is 0.104. The van der Waals surface area contributed by atoms with Crippen LogP contribution in [0.15, 0.2) is 42.3 Å². The Kier molecular flexibility index (Phi) is 4.90. The van der Waals surface area contributed by atoms with Crippen LogP contribution in [0, 0.1) is 17.5 Å². The van der Waals surface area contributed by atoms with Gasteiger partial charge in [0.2, 0.25) is 10.0 Å². The predicted molar refractivity (Wildman–Crippen MR) is 65.5 cm³/mol. The zero-order valence-corrected chi connectivity index (χ0v) is 10.8. The molecule has 0 saturated heterocycles. The van der Waals surface area contributed by atoms with Crippen LogP contribution in [0.1, 0.15) is 0 Å². The van der Waals surface area contributed by atoms with E-state index in [9.17, 15) is 21.6 Å². The highest BCUT2D eigenvalue weighted by Crippen LogP contribution is 2.22. The fourth-order valence-electron chi connectivity index (χ4n) is 1.41. The molecule has 0 bridgehead atoms. The van der Waals surface area contributed by atoms with E-state index in [1.165, 1.54) is 12.2 Å². The van der Waals surface area contributed by atoms with Crippen molar-refractivity contribution in [1.82, 2.24) is 4.31 Å². The van der Waals surface area contributed by atoms with Crippen molar-refractivity contribution in [3.8, 4) is 0 Å². The number of hydrogen-bond acceptors (Lipinski definition) is 2. The third kappa shape index (κ3) is 3.05. The minimum atomic E-state index is -4.29. The van der Waals surface area contributed by atoms with Gasteiger partial charge in [-0.1, -0.05) is 12.2 Å². The summed E-state index contributed by atoms with van der Waals surface area (Å²) < 4.78 is 64.4. The van der Waals surface area contributed by atoms with Crippen LogP contribution in [0.25, 0.3) is 0 Å². The predicted octanol–water partition coefficient (Wildman–Crippen LogP) is 2.47. The van der Waals surface area contributed by atoms with Crippen LogP contribution in [-0.2, 0) is 10.0 Å². The van der Waals surface area contributed by atoms with E-state index in [1.807, 2.05) is 0 Å². The van der Waals surface area contributed by atoms with E-state index in [0.29, 0.717) is 12.1 Å². The molecule has 0 N–H and O–H groups in total. The van der Waals surface area contributed by atoms with Crippen LogP contribution in [0.3, 0.4) is 0 Å². The van der Waals surface area contributed by atoms with Gasteiger partial charge in [0.05, 0.1) is 0 Å². The minimum Gasteiger partial charge on any atom is -0.207 e. The summed E-state index contributed by atoms with van der Waals surface area (Å²) in [6.07, 6.45) is 2.58. The van der Waals surface area contributed by atoms with E-state index in [4.69, 9.17) is 0 Å². The normalized spacial score (nSPS) is 11.6. The standard InChI is InChI=1S/C12H12F3NO2S/c1-3-7-16(8-4-2)19(17,18)10-6-5-9(13)11(14)12(10)15/h3-6H,1-2,7-8H2. The summed E-state index contributed by atoms with van der Waals surface area (Å²) in [6, 6.07) is 1.24. The molecule has 0 aliphatic heterocycles. The topological polar surface area (TPSA) is 37.4 Å². The third-order valence-corrected chi connectivity index (χ3v) is 4.13. The molecule has 104 valence electrons. The van der Waals surface area contributed by atoms with E-state index in [2.05, 4.69) is 13.2 Å². The molecule has 0 heterocycles. The first kappa shape index (κ1) is 15.5. The van der Waals surface area contributed by atoms with E-state index in [0.717, 1.165) is 4.31 Å². The van der Waals surface area contributed by atoms with Gasteiger partial charge >= 0.3 is 0 Å². The maximum Gasteiger partial charge on any atom is 0.246 e. The van der Waals surface area contributed by atoms with Crippen molar-refractivity contribution in [2.75, 3.05) is 13.1 Å². The molecule has 0 amide bonds. The molecule has 3 nitrogen and oxygen atoms in total.